The Morgan fingerprint density at radius 1 is 1.11 bits per heavy atom. The van der Waals surface area contributed by atoms with Crippen LogP contribution >= 0.6 is 34.5 Å². The lowest BCUT2D eigenvalue weighted by atomic mass is 10.0. The second-order valence-corrected chi connectivity index (χ2v) is 8.45. The molecule has 6 heteroatoms. The predicted octanol–water partition coefficient (Wildman–Crippen LogP) is 7.19. The average Bonchev–Trinajstić information content (AvgIpc) is 3.04. The Balaban J connectivity index is 2.02. The van der Waals surface area contributed by atoms with E-state index in [0.717, 1.165) is 40.7 Å². The topological polar surface area (TPSA) is 29.0 Å². The third kappa shape index (κ3) is 4.45. The molecule has 0 fully saturated rings. The van der Waals surface area contributed by atoms with Gasteiger partial charge in [-0.25, -0.2) is 4.98 Å². The van der Waals surface area contributed by atoms with Crippen LogP contribution in [0.25, 0.3) is 11.3 Å². The standard InChI is InChI=1S/C21H23Cl2N3S/c1-4-12-26(19(5-2)15-8-10-24-11-9-15)21-25-20(14(3)27-21)17-7-6-16(22)13-18(17)23/h6-11,13,19H,4-5,12H2,1-3H3. The smallest absolute Gasteiger partial charge is 0.186 e. The second-order valence-electron chi connectivity index (χ2n) is 6.42. The summed E-state index contributed by atoms with van der Waals surface area (Å²) in [6.07, 6.45) is 5.76. The van der Waals surface area contributed by atoms with Crippen LogP contribution < -0.4 is 4.90 Å². The molecule has 0 bridgehead atoms. The molecule has 1 atom stereocenters. The Morgan fingerprint density at radius 2 is 1.85 bits per heavy atom. The highest BCUT2D eigenvalue weighted by molar-refractivity contribution is 7.16. The van der Waals surface area contributed by atoms with Gasteiger partial charge in [-0.3, -0.25) is 4.98 Å². The van der Waals surface area contributed by atoms with Crippen molar-refractivity contribution in [1.82, 2.24) is 9.97 Å². The summed E-state index contributed by atoms with van der Waals surface area (Å²) < 4.78 is 0. The molecular formula is C21H23Cl2N3S. The minimum absolute atomic E-state index is 0.270. The number of pyridine rings is 1. The SMILES string of the molecule is CCCN(c1nc(-c2ccc(Cl)cc2Cl)c(C)s1)C(CC)c1ccncc1. The number of nitrogens with zero attached hydrogens (tertiary/aromatic N) is 3. The van der Waals surface area contributed by atoms with Gasteiger partial charge in [-0.05, 0) is 55.7 Å². The fourth-order valence-corrected chi connectivity index (χ4v) is 4.78. The molecule has 1 unspecified atom stereocenters. The van der Waals surface area contributed by atoms with E-state index in [-0.39, 0.29) is 6.04 Å². The van der Waals surface area contributed by atoms with Crippen LogP contribution in [0.1, 0.15) is 43.2 Å². The van der Waals surface area contributed by atoms with Gasteiger partial charge in [0, 0.05) is 34.4 Å². The van der Waals surface area contributed by atoms with E-state index < -0.39 is 0 Å². The Labute approximate surface area is 175 Å². The zero-order valence-corrected chi connectivity index (χ0v) is 18.1. The molecule has 3 nitrogen and oxygen atoms in total. The van der Waals surface area contributed by atoms with E-state index in [0.29, 0.717) is 10.0 Å². The van der Waals surface area contributed by atoms with Gasteiger partial charge in [0.1, 0.15) is 0 Å². The first kappa shape index (κ1) is 20.1. The maximum Gasteiger partial charge on any atom is 0.186 e. The fourth-order valence-electron chi connectivity index (χ4n) is 3.28. The molecule has 0 radical (unpaired) electrons. The van der Waals surface area contributed by atoms with E-state index >= 15 is 0 Å². The Morgan fingerprint density at radius 3 is 2.48 bits per heavy atom. The molecule has 0 aliphatic heterocycles. The maximum atomic E-state index is 6.43. The van der Waals surface area contributed by atoms with Crippen molar-refractivity contribution in [1.29, 1.82) is 0 Å². The number of aryl methyl sites for hydroxylation is 1. The van der Waals surface area contributed by atoms with Crippen molar-refractivity contribution in [3.8, 4) is 11.3 Å². The molecule has 1 aromatic carbocycles. The van der Waals surface area contributed by atoms with Crippen LogP contribution in [0.15, 0.2) is 42.7 Å². The van der Waals surface area contributed by atoms with Gasteiger partial charge in [-0.1, -0.05) is 37.0 Å². The molecule has 0 aliphatic carbocycles. The number of thiazole rings is 1. The molecular weight excluding hydrogens is 397 g/mol. The summed E-state index contributed by atoms with van der Waals surface area (Å²) in [4.78, 5) is 12.7. The van der Waals surface area contributed by atoms with E-state index in [1.54, 1.807) is 17.4 Å². The van der Waals surface area contributed by atoms with E-state index in [1.165, 1.54) is 5.56 Å². The molecule has 2 heterocycles. The summed E-state index contributed by atoms with van der Waals surface area (Å²) in [6, 6.07) is 10.0. The Bertz CT molecular complexity index is 896. The van der Waals surface area contributed by atoms with Gasteiger partial charge in [-0.15, -0.1) is 11.3 Å². The molecule has 3 aromatic rings. The largest absolute Gasteiger partial charge is 0.341 e. The zero-order chi connectivity index (χ0) is 19.4. The molecule has 0 N–H and O–H groups in total. The molecule has 0 aliphatic rings. The van der Waals surface area contributed by atoms with Gasteiger partial charge in [0.25, 0.3) is 0 Å². The van der Waals surface area contributed by atoms with Crippen LogP contribution in [0.5, 0.6) is 0 Å². The Kier molecular flexibility index (Phi) is 6.74. The number of benzene rings is 1. The highest BCUT2D eigenvalue weighted by Gasteiger charge is 2.23. The highest BCUT2D eigenvalue weighted by atomic mass is 35.5. The number of rotatable bonds is 7. The van der Waals surface area contributed by atoms with Crippen molar-refractivity contribution in [3.63, 3.8) is 0 Å². The summed E-state index contributed by atoms with van der Waals surface area (Å²) in [7, 11) is 0. The van der Waals surface area contributed by atoms with Crippen molar-refractivity contribution < 1.29 is 0 Å². The summed E-state index contributed by atoms with van der Waals surface area (Å²) in [5, 5.41) is 2.29. The third-order valence-corrected chi connectivity index (χ3v) is 6.09. The number of halogens is 2. The van der Waals surface area contributed by atoms with Crippen LogP contribution in [0.4, 0.5) is 5.13 Å². The van der Waals surface area contributed by atoms with Crippen molar-refractivity contribution in [3.05, 3.63) is 63.2 Å². The van der Waals surface area contributed by atoms with E-state index in [2.05, 4.69) is 42.8 Å². The van der Waals surface area contributed by atoms with E-state index in [1.807, 2.05) is 24.5 Å². The number of hydrogen-bond donors (Lipinski definition) is 0. The van der Waals surface area contributed by atoms with Crippen LogP contribution in [-0.2, 0) is 0 Å². The first-order valence-electron chi connectivity index (χ1n) is 9.14. The van der Waals surface area contributed by atoms with Gasteiger partial charge < -0.3 is 4.90 Å². The number of anilines is 1. The highest BCUT2D eigenvalue weighted by Crippen LogP contribution is 2.39. The number of aromatic nitrogens is 2. The van der Waals surface area contributed by atoms with Gasteiger partial charge >= 0.3 is 0 Å². The lowest BCUT2D eigenvalue weighted by Crippen LogP contribution is -2.29. The van der Waals surface area contributed by atoms with E-state index in [9.17, 15) is 0 Å². The lowest BCUT2D eigenvalue weighted by Gasteiger charge is -2.31. The van der Waals surface area contributed by atoms with Gasteiger partial charge in [0.2, 0.25) is 0 Å². The molecule has 3 rings (SSSR count). The molecule has 0 saturated heterocycles. The predicted molar refractivity (Wildman–Crippen MR) is 117 cm³/mol. The van der Waals surface area contributed by atoms with Crippen LogP contribution in [0.3, 0.4) is 0 Å². The van der Waals surface area contributed by atoms with Crippen molar-refractivity contribution in [2.75, 3.05) is 11.4 Å². The minimum Gasteiger partial charge on any atom is -0.341 e. The van der Waals surface area contributed by atoms with E-state index in [4.69, 9.17) is 28.2 Å². The van der Waals surface area contributed by atoms with Gasteiger partial charge in [-0.2, -0.15) is 0 Å². The first-order valence-corrected chi connectivity index (χ1v) is 10.7. The quantitative estimate of drug-likeness (QED) is 0.405. The normalized spacial score (nSPS) is 12.2. The lowest BCUT2D eigenvalue weighted by molar-refractivity contribution is 0.594. The van der Waals surface area contributed by atoms with Crippen LogP contribution in [-0.4, -0.2) is 16.5 Å². The molecule has 2 aromatic heterocycles. The maximum absolute atomic E-state index is 6.43. The van der Waals surface area contributed by atoms with Crippen molar-refractivity contribution in [2.24, 2.45) is 0 Å². The van der Waals surface area contributed by atoms with Crippen molar-refractivity contribution in [2.45, 2.75) is 39.7 Å². The summed E-state index contributed by atoms with van der Waals surface area (Å²) >= 11 is 14.2. The first-order chi connectivity index (χ1) is 13.0. The molecule has 0 spiro atoms. The second kappa shape index (κ2) is 9.05. The molecule has 0 saturated carbocycles. The fraction of sp³-hybridized carbons (Fsp3) is 0.333. The zero-order valence-electron chi connectivity index (χ0n) is 15.7. The summed E-state index contributed by atoms with van der Waals surface area (Å²) in [5.41, 5.74) is 3.12. The third-order valence-electron chi connectivity index (χ3n) is 4.54. The van der Waals surface area contributed by atoms with Crippen LogP contribution in [0.2, 0.25) is 10.0 Å². The average molecular weight is 420 g/mol. The number of hydrogen-bond acceptors (Lipinski definition) is 4. The molecule has 27 heavy (non-hydrogen) atoms. The molecule has 142 valence electrons. The Hall–Kier alpha value is -1.62. The summed E-state index contributed by atoms with van der Waals surface area (Å²) in [5.74, 6) is 0. The van der Waals surface area contributed by atoms with Crippen LogP contribution in [0, 0.1) is 6.92 Å². The van der Waals surface area contributed by atoms with Gasteiger partial charge in [0.05, 0.1) is 16.8 Å². The van der Waals surface area contributed by atoms with Crippen molar-refractivity contribution >= 4 is 39.7 Å². The minimum atomic E-state index is 0.270. The molecule has 0 amide bonds. The summed E-state index contributed by atoms with van der Waals surface area (Å²) in [6.45, 7) is 7.45. The monoisotopic (exact) mass is 419 g/mol. The van der Waals surface area contributed by atoms with Gasteiger partial charge in [0.15, 0.2) is 5.13 Å².